The van der Waals surface area contributed by atoms with Gasteiger partial charge in [-0.1, -0.05) is 13.8 Å². The Kier molecular flexibility index (Phi) is 6.05. The van der Waals surface area contributed by atoms with Gasteiger partial charge in [-0.15, -0.1) is 0 Å². The minimum atomic E-state index is -0.891. The van der Waals surface area contributed by atoms with Gasteiger partial charge in [0.1, 0.15) is 0 Å². The molecule has 0 unspecified atom stereocenters. The number of nitrogens with zero attached hydrogens (tertiary/aromatic N) is 1. The van der Waals surface area contributed by atoms with Gasteiger partial charge in [0.15, 0.2) is 0 Å². The van der Waals surface area contributed by atoms with E-state index in [9.17, 15) is 9.59 Å². The summed E-state index contributed by atoms with van der Waals surface area (Å²) in [5.41, 5.74) is 1.07. The van der Waals surface area contributed by atoms with Crippen molar-refractivity contribution in [2.45, 2.75) is 45.6 Å². The van der Waals surface area contributed by atoms with Gasteiger partial charge in [-0.25, -0.2) is 0 Å². The second kappa shape index (κ2) is 7.56. The van der Waals surface area contributed by atoms with Crippen molar-refractivity contribution in [3.63, 3.8) is 0 Å². The van der Waals surface area contributed by atoms with E-state index in [4.69, 9.17) is 5.11 Å². The number of aryl methyl sites for hydroxylation is 1. The van der Waals surface area contributed by atoms with Gasteiger partial charge in [-0.2, -0.15) is 5.10 Å². The number of hydrogen-bond acceptors (Lipinski definition) is 3. The fourth-order valence-electron chi connectivity index (χ4n) is 1.79. The molecule has 0 aliphatic heterocycles. The highest BCUT2D eigenvalue weighted by Crippen LogP contribution is 2.08. The molecular formula is C13H21N3O3. The molecule has 1 heterocycles. The lowest BCUT2D eigenvalue weighted by Crippen LogP contribution is -2.40. The van der Waals surface area contributed by atoms with Crippen LogP contribution in [0, 0.1) is 5.92 Å². The standard InChI is InChI=1S/C13H21N3O3/c1-9(2)11(6-13(18)19)16-12(17)5-3-4-10-7-14-15-8-10/h7-9,11H,3-6H2,1-2H3,(H,14,15)(H,16,17)(H,18,19)/t11-/m0/s1. The molecule has 0 bridgehead atoms. The lowest BCUT2D eigenvalue weighted by molar-refractivity contribution is -0.138. The van der Waals surface area contributed by atoms with E-state index in [1.807, 2.05) is 13.8 Å². The van der Waals surface area contributed by atoms with Gasteiger partial charge >= 0.3 is 5.97 Å². The second-order valence-corrected chi connectivity index (χ2v) is 4.98. The van der Waals surface area contributed by atoms with Gasteiger partial charge in [-0.3, -0.25) is 14.7 Å². The minimum Gasteiger partial charge on any atom is -0.481 e. The van der Waals surface area contributed by atoms with Crippen LogP contribution in [0.2, 0.25) is 0 Å². The lowest BCUT2D eigenvalue weighted by atomic mass is 10.0. The Morgan fingerprint density at radius 2 is 2.21 bits per heavy atom. The number of carboxylic acid groups (broad SMARTS) is 1. The van der Waals surface area contributed by atoms with Crippen LogP contribution in [-0.2, 0) is 16.0 Å². The molecule has 3 N–H and O–H groups in total. The van der Waals surface area contributed by atoms with E-state index in [0.717, 1.165) is 18.4 Å². The van der Waals surface area contributed by atoms with Crippen molar-refractivity contribution in [2.75, 3.05) is 0 Å². The summed E-state index contributed by atoms with van der Waals surface area (Å²) in [6, 6.07) is -0.307. The quantitative estimate of drug-likeness (QED) is 0.662. The van der Waals surface area contributed by atoms with Gasteiger partial charge in [0.05, 0.1) is 12.6 Å². The van der Waals surface area contributed by atoms with Gasteiger partial charge in [0.2, 0.25) is 5.91 Å². The summed E-state index contributed by atoms with van der Waals surface area (Å²) in [6.07, 6.45) is 5.41. The molecule has 0 saturated carbocycles. The Morgan fingerprint density at radius 1 is 1.47 bits per heavy atom. The van der Waals surface area contributed by atoms with E-state index >= 15 is 0 Å². The Hall–Kier alpha value is -1.85. The zero-order chi connectivity index (χ0) is 14.3. The number of carbonyl (C=O) groups excluding carboxylic acids is 1. The Morgan fingerprint density at radius 3 is 2.74 bits per heavy atom. The number of aliphatic carboxylic acids is 1. The first-order valence-electron chi connectivity index (χ1n) is 6.48. The zero-order valence-corrected chi connectivity index (χ0v) is 11.3. The monoisotopic (exact) mass is 267 g/mol. The van der Waals surface area contributed by atoms with Gasteiger partial charge < -0.3 is 10.4 Å². The highest BCUT2D eigenvalue weighted by atomic mass is 16.4. The van der Waals surface area contributed by atoms with Crippen molar-refractivity contribution in [2.24, 2.45) is 5.92 Å². The van der Waals surface area contributed by atoms with Crippen molar-refractivity contribution in [1.82, 2.24) is 15.5 Å². The molecule has 0 radical (unpaired) electrons. The number of aromatic amines is 1. The molecule has 106 valence electrons. The third-order valence-electron chi connectivity index (χ3n) is 2.97. The molecule has 1 rings (SSSR count). The number of nitrogens with one attached hydrogen (secondary N) is 2. The van der Waals surface area contributed by atoms with Gasteiger partial charge in [-0.05, 0) is 24.3 Å². The Bertz CT molecular complexity index is 401. The molecule has 0 spiro atoms. The first-order chi connectivity index (χ1) is 8.99. The number of amides is 1. The number of carbonyl (C=O) groups is 2. The molecule has 0 aromatic carbocycles. The summed E-state index contributed by atoms with van der Waals surface area (Å²) in [7, 11) is 0. The van der Waals surface area contributed by atoms with E-state index in [-0.39, 0.29) is 24.3 Å². The van der Waals surface area contributed by atoms with Crippen LogP contribution in [0.25, 0.3) is 0 Å². The van der Waals surface area contributed by atoms with E-state index in [0.29, 0.717) is 6.42 Å². The number of hydrogen-bond donors (Lipinski definition) is 3. The summed E-state index contributed by atoms with van der Waals surface area (Å²) < 4.78 is 0. The largest absolute Gasteiger partial charge is 0.481 e. The van der Waals surface area contributed by atoms with Gasteiger partial charge in [0.25, 0.3) is 0 Å². The summed E-state index contributed by atoms with van der Waals surface area (Å²) in [6.45, 7) is 3.80. The number of carboxylic acids is 1. The van der Waals surface area contributed by atoms with Crippen LogP contribution in [-0.4, -0.2) is 33.2 Å². The van der Waals surface area contributed by atoms with E-state index in [1.54, 1.807) is 12.4 Å². The fourth-order valence-corrected chi connectivity index (χ4v) is 1.79. The first-order valence-corrected chi connectivity index (χ1v) is 6.48. The molecule has 1 atom stereocenters. The van der Waals surface area contributed by atoms with E-state index in [2.05, 4.69) is 15.5 Å². The number of H-pyrrole nitrogens is 1. The first kappa shape index (κ1) is 15.2. The fraction of sp³-hybridized carbons (Fsp3) is 0.615. The SMILES string of the molecule is CC(C)[C@H](CC(=O)O)NC(=O)CCCc1cn[nH]c1. The summed E-state index contributed by atoms with van der Waals surface area (Å²) in [5, 5.41) is 18.1. The lowest BCUT2D eigenvalue weighted by Gasteiger charge is -2.20. The van der Waals surface area contributed by atoms with Crippen molar-refractivity contribution in [1.29, 1.82) is 0 Å². The highest BCUT2D eigenvalue weighted by molar-refractivity contribution is 5.77. The van der Waals surface area contributed by atoms with Crippen LogP contribution < -0.4 is 5.32 Å². The van der Waals surface area contributed by atoms with Crippen molar-refractivity contribution in [3.05, 3.63) is 18.0 Å². The van der Waals surface area contributed by atoms with Crippen molar-refractivity contribution < 1.29 is 14.7 Å². The molecule has 0 saturated heterocycles. The number of rotatable bonds is 8. The summed E-state index contributed by atoms with van der Waals surface area (Å²) in [4.78, 5) is 22.4. The van der Waals surface area contributed by atoms with Crippen LogP contribution in [0.4, 0.5) is 0 Å². The maximum Gasteiger partial charge on any atom is 0.305 e. The summed E-state index contributed by atoms with van der Waals surface area (Å²) >= 11 is 0. The second-order valence-electron chi connectivity index (χ2n) is 4.98. The van der Waals surface area contributed by atoms with Crippen LogP contribution in [0.3, 0.4) is 0 Å². The molecule has 6 nitrogen and oxygen atoms in total. The number of aromatic nitrogens is 2. The van der Waals surface area contributed by atoms with Crippen molar-refractivity contribution in [3.8, 4) is 0 Å². The smallest absolute Gasteiger partial charge is 0.305 e. The summed E-state index contributed by atoms with van der Waals surface area (Å²) in [5.74, 6) is -0.880. The minimum absolute atomic E-state index is 0.0366. The van der Waals surface area contributed by atoms with Crippen LogP contribution in [0.15, 0.2) is 12.4 Å². The molecule has 19 heavy (non-hydrogen) atoms. The van der Waals surface area contributed by atoms with Crippen LogP contribution in [0.5, 0.6) is 0 Å². The normalized spacial score (nSPS) is 12.4. The van der Waals surface area contributed by atoms with E-state index < -0.39 is 5.97 Å². The molecule has 1 amide bonds. The van der Waals surface area contributed by atoms with E-state index in [1.165, 1.54) is 0 Å². The third-order valence-corrected chi connectivity index (χ3v) is 2.97. The maximum atomic E-state index is 11.7. The molecule has 0 aliphatic carbocycles. The molecule has 6 heteroatoms. The molecule has 0 fully saturated rings. The maximum absolute atomic E-state index is 11.7. The Balaban J connectivity index is 2.29. The van der Waals surface area contributed by atoms with Crippen LogP contribution >= 0.6 is 0 Å². The topological polar surface area (TPSA) is 95.1 Å². The van der Waals surface area contributed by atoms with Crippen molar-refractivity contribution >= 4 is 11.9 Å². The Labute approximate surface area is 112 Å². The predicted octanol–water partition coefficient (Wildman–Crippen LogP) is 1.35. The molecule has 1 aromatic heterocycles. The molecule has 1 aromatic rings. The zero-order valence-electron chi connectivity index (χ0n) is 11.3. The highest BCUT2D eigenvalue weighted by Gasteiger charge is 2.18. The predicted molar refractivity (Wildman–Crippen MR) is 70.5 cm³/mol. The molecule has 0 aliphatic rings. The average molecular weight is 267 g/mol. The average Bonchev–Trinajstić information content (AvgIpc) is 2.80. The van der Waals surface area contributed by atoms with Crippen LogP contribution in [0.1, 0.15) is 38.7 Å². The molecular weight excluding hydrogens is 246 g/mol. The third kappa shape index (κ3) is 6.03. The van der Waals surface area contributed by atoms with Gasteiger partial charge in [0, 0.05) is 18.7 Å².